The van der Waals surface area contributed by atoms with E-state index in [2.05, 4.69) is 20.2 Å². The zero-order valence-corrected chi connectivity index (χ0v) is 15.2. The summed E-state index contributed by atoms with van der Waals surface area (Å²) in [4.78, 5) is 22.1. The fraction of sp³-hybridized carbons (Fsp3) is 0.353. The molecule has 2 heterocycles. The molecule has 0 spiro atoms. The summed E-state index contributed by atoms with van der Waals surface area (Å²) in [6, 6.07) is 7.14. The Morgan fingerprint density at radius 1 is 1.20 bits per heavy atom. The van der Waals surface area contributed by atoms with E-state index in [1.54, 1.807) is 12.1 Å². The van der Waals surface area contributed by atoms with Crippen molar-refractivity contribution >= 4 is 46.5 Å². The number of piperidine rings is 1. The lowest BCUT2D eigenvalue weighted by Gasteiger charge is -2.31. The second-order valence-corrected chi connectivity index (χ2v) is 6.83. The Morgan fingerprint density at radius 2 is 1.92 bits per heavy atom. The van der Waals surface area contributed by atoms with Gasteiger partial charge in [-0.2, -0.15) is 0 Å². The van der Waals surface area contributed by atoms with Crippen molar-refractivity contribution in [3.8, 4) is 0 Å². The van der Waals surface area contributed by atoms with Crippen LogP contribution in [0.15, 0.2) is 24.3 Å². The molecule has 1 aliphatic heterocycles. The van der Waals surface area contributed by atoms with Gasteiger partial charge in [0.25, 0.3) is 0 Å². The van der Waals surface area contributed by atoms with E-state index in [0.717, 1.165) is 11.5 Å². The Labute approximate surface area is 155 Å². The minimum absolute atomic E-state index is 0.270. The van der Waals surface area contributed by atoms with Crippen LogP contribution in [0.4, 0.5) is 17.3 Å². The van der Waals surface area contributed by atoms with Crippen molar-refractivity contribution in [1.29, 1.82) is 0 Å². The number of hydrogen-bond acceptors (Lipinski definition) is 5. The summed E-state index contributed by atoms with van der Waals surface area (Å²) < 4.78 is 0. The number of carboxylic acid groups (broad SMARTS) is 1. The van der Waals surface area contributed by atoms with Crippen LogP contribution in [0.1, 0.15) is 18.7 Å². The topological polar surface area (TPSA) is 78.4 Å². The molecule has 1 aromatic heterocycles. The first-order valence-corrected chi connectivity index (χ1v) is 8.73. The Hall–Kier alpha value is -2.05. The Balaban J connectivity index is 1.76. The first-order valence-electron chi connectivity index (χ1n) is 7.98. The number of hydrogen-bond donors (Lipinski definition) is 2. The number of carboxylic acids is 1. The zero-order valence-electron chi connectivity index (χ0n) is 13.7. The van der Waals surface area contributed by atoms with E-state index < -0.39 is 5.97 Å². The van der Waals surface area contributed by atoms with Gasteiger partial charge in [0.15, 0.2) is 0 Å². The maximum Gasteiger partial charge on any atom is 0.306 e. The number of aryl methyl sites for hydroxylation is 1. The van der Waals surface area contributed by atoms with Gasteiger partial charge in [-0.05, 0) is 38.0 Å². The summed E-state index contributed by atoms with van der Waals surface area (Å²) in [5.74, 6) is 1.09. The third kappa shape index (κ3) is 4.32. The average Bonchev–Trinajstić information content (AvgIpc) is 2.58. The Kier molecular flexibility index (Phi) is 5.30. The maximum absolute atomic E-state index is 11.1. The van der Waals surface area contributed by atoms with Crippen molar-refractivity contribution in [2.24, 2.45) is 5.92 Å². The monoisotopic (exact) mass is 380 g/mol. The molecule has 25 heavy (non-hydrogen) atoms. The summed E-state index contributed by atoms with van der Waals surface area (Å²) in [5, 5.41) is 13.3. The quantitative estimate of drug-likeness (QED) is 0.829. The molecular formula is C17H18Cl2N4O2. The summed E-state index contributed by atoms with van der Waals surface area (Å²) in [7, 11) is 0. The van der Waals surface area contributed by atoms with Gasteiger partial charge in [-0.15, -0.1) is 0 Å². The Morgan fingerprint density at radius 3 is 2.56 bits per heavy atom. The number of benzene rings is 1. The third-order valence-electron chi connectivity index (χ3n) is 4.18. The number of aromatic nitrogens is 2. The van der Waals surface area contributed by atoms with Crippen LogP contribution >= 0.6 is 23.2 Å². The highest BCUT2D eigenvalue weighted by atomic mass is 35.5. The number of rotatable bonds is 4. The van der Waals surface area contributed by atoms with E-state index in [1.165, 1.54) is 0 Å². The van der Waals surface area contributed by atoms with Crippen LogP contribution < -0.4 is 10.2 Å². The number of nitrogens with one attached hydrogen (secondary N) is 1. The van der Waals surface area contributed by atoms with E-state index in [4.69, 9.17) is 28.3 Å². The molecule has 0 bridgehead atoms. The van der Waals surface area contributed by atoms with E-state index in [0.29, 0.717) is 47.6 Å². The largest absolute Gasteiger partial charge is 0.481 e. The molecule has 0 unspecified atom stereocenters. The van der Waals surface area contributed by atoms with Gasteiger partial charge in [-0.25, -0.2) is 9.97 Å². The molecule has 0 atom stereocenters. The molecule has 0 aliphatic carbocycles. The minimum atomic E-state index is -0.722. The van der Waals surface area contributed by atoms with Crippen LogP contribution in [0.2, 0.25) is 10.0 Å². The molecule has 0 amide bonds. The van der Waals surface area contributed by atoms with E-state index in [9.17, 15) is 4.79 Å². The number of carbonyl (C=O) groups is 1. The predicted molar refractivity (Wildman–Crippen MR) is 99.1 cm³/mol. The first-order chi connectivity index (χ1) is 11.9. The average molecular weight is 381 g/mol. The lowest BCUT2D eigenvalue weighted by atomic mass is 9.97. The fourth-order valence-electron chi connectivity index (χ4n) is 2.86. The summed E-state index contributed by atoms with van der Waals surface area (Å²) in [6.07, 6.45) is 1.24. The van der Waals surface area contributed by atoms with E-state index in [1.807, 2.05) is 19.1 Å². The zero-order chi connectivity index (χ0) is 18.0. The number of nitrogens with zero attached hydrogens (tertiary/aromatic N) is 3. The van der Waals surface area contributed by atoms with Crippen molar-refractivity contribution in [3.05, 3.63) is 40.1 Å². The highest BCUT2D eigenvalue weighted by Crippen LogP contribution is 2.28. The van der Waals surface area contributed by atoms with Gasteiger partial charge >= 0.3 is 5.97 Å². The number of anilines is 3. The first kappa shape index (κ1) is 17.8. The van der Waals surface area contributed by atoms with E-state index >= 15 is 0 Å². The Bertz CT molecular complexity index is 792. The highest BCUT2D eigenvalue weighted by Gasteiger charge is 2.25. The van der Waals surface area contributed by atoms with Gasteiger partial charge in [0.1, 0.15) is 17.5 Å². The molecule has 1 fully saturated rings. The van der Waals surface area contributed by atoms with E-state index in [-0.39, 0.29) is 5.92 Å². The van der Waals surface area contributed by atoms with Gasteiger partial charge in [-0.1, -0.05) is 23.2 Å². The normalized spacial score (nSPS) is 15.2. The summed E-state index contributed by atoms with van der Waals surface area (Å²) in [6.45, 7) is 3.16. The second kappa shape index (κ2) is 7.45. The third-order valence-corrected chi connectivity index (χ3v) is 4.92. The molecule has 132 valence electrons. The standard InChI is InChI=1S/C17H18Cl2N4O2/c1-10-20-15(22-12-2-3-13(18)14(19)8-12)9-16(21-10)23-6-4-11(5-7-23)17(24)25/h2-3,8-9,11H,4-7H2,1H3,(H,24,25)(H,20,21,22). The van der Waals surface area contributed by atoms with Crippen molar-refractivity contribution < 1.29 is 9.90 Å². The van der Waals surface area contributed by atoms with Gasteiger partial charge < -0.3 is 15.3 Å². The van der Waals surface area contributed by atoms with Crippen molar-refractivity contribution in [1.82, 2.24) is 9.97 Å². The van der Waals surface area contributed by atoms with Crippen molar-refractivity contribution in [2.45, 2.75) is 19.8 Å². The van der Waals surface area contributed by atoms with Crippen LogP contribution in [0.25, 0.3) is 0 Å². The van der Waals surface area contributed by atoms with Crippen LogP contribution in [0, 0.1) is 12.8 Å². The maximum atomic E-state index is 11.1. The summed E-state index contributed by atoms with van der Waals surface area (Å²) in [5.41, 5.74) is 0.781. The fourth-order valence-corrected chi connectivity index (χ4v) is 3.15. The molecule has 6 nitrogen and oxygen atoms in total. The molecule has 8 heteroatoms. The molecule has 0 saturated carbocycles. The van der Waals surface area contributed by atoms with Gasteiger partial charge in [0, 0.05) is 24.8 Å². The van der Waals surface area contributed by atoms with Crippen LogP contribution in [0.5, 0.6) is 0 Å². The van der Waals surface area contributed by atoms with Gasteiger partial charge in [0.05, 0.1) is 16.0 Å². The molecule has 2 N–H and O–H groups in total. The number of halogens is 2. The van der Waals surface area contributed by atoms with Crippen LogP contribution in [0.3, 0.4) is 0 Å². The number of aliphatic carboxylic acids is 1. The molecule has 0 radical (unpaired) electrons. The van der Waals surface area contributed by atoms with Crippen molar-refractivity contribution in [2.75, 3.05) is 23.3 Å². The lowest BCUT2D eigenvalue weighted by molar-refractivity contribution is -0.142. The minimum Gasteiger partial charge on any atom is -0.481 e. The summed E-state index contributed by atoms with van der Waals surface area (Å²) >= 11 is 12.0. The van der Waals surface area contributed by atoms with Crippen molar-refractivity contribution in [3.63, 3.8) is 0 Å². The van der Waals surface area contributed by atoms with Gasteiger partial charge in [0.2, 0.25) is 0 Å². The molecular weight excluding hydrogens is 363 g/mol. The smallest absolute Gasteiger partial charge is 0.306 e. The molecule has 3 rings (SSSR count). The molecule has 2 aromatic rings. The second-order valence-electron chi connectivity index (χ2n) is 6.01. The van der Waals surface area contributed by atoms with Gasteiger partial charge in [-0.3, -0.25) is 4.79 Å². The molecule has 1 aliphatic rings. The van der Waals surface area contributed by atoms with Crippen LogP contribution in [-0.4, -0.2) is 34.1 Å². The lowest BCUT2D eigenvalue weighted by Crippen LogP contribution is -2.36. The highest BCUT2D eigenvalue weighted by molar-refractivity contribution is 6.42. The van der Waals surface area contributed by atoms with Crippen LogP contribution in [-0.2, 0) is 4.79 Å². The molecule has 1 saturated heterocycles. The molecule has 1 aromatic carbocycles. The SMILES string of the molecule is Cc1nc(Nc2ccc(Cl)c(Cl)c2)cc(N2CCC(C(=O)O)CC2)n1. The predicted octanol–water partition coefficient (Wildman–Crippen LogP) is 4.14.